The first kappa shape index (κ1) is 22.0. The Balaban J connectivity index is 1.74. The summed E-state index contributed by atoms with van der Waals surface area (Å²) < 4.78 is 24.7. The van der Waals surface area contributed by atoms with Crippen LogP contribution in [-0.2, 0) is 32.5 Å². The third kappa shape index (κ3) is 7.75. The summed E-state index contributed by atoms with van der Waals surface area (Å²) in [5.41, 5.74) is 6.67. The molecular weight excluding hydrogens is 425 g/mol. The SMILES string of the molecule is CS(=O)(=O)Nc1ccc(CCC(=O)NNC(=O)Cc2ccc(Cl)c(Cl)c2)cc1. The predicted octanol–water partition coefficient (Wildman–Crippen LogP) is 2.69. The van der Waals surface area contributed by atoms with Gasteiger partial charge in [0.05, 0.1) is 22.7 Å². The first-order valence-electron chi connectivity index (χ1n) is 8.21. The molecule has 0 heterocycles. The maximum atomic E-state index is 11.9. The van der Waals surface area contributed by atoms with Crippen molar-refractivity contribution in [3.63, 3.8) is 0 Å². The van der Waals surface area contributed by atoms with Crippen molar-refractivity contribution in [2.45, 2.75) is 19.3 Å². The van der Waals surface area contributed by atoms with Gasteiger partial charge in [-0.05, 0) is 41.8 Å². The number of benzene rings is 2. The molecule has 0 aliphatic rings. The summed E-state index contributed by atoms with van der Waals surface area (Å²) in [6, 6.07) is 11.6. The van der Waals surface area contributed by atoms with Gasteiger partial charge in [0.25, 0.3) is 0 Å². The first-order chi connectivity index (χ1) is 13.1. The quantitative estimate of drug-likeness (QED) is 0.572. The molecule has 0 aliphatic heterocycles. The Hall–Kier alpha value is -2.29. The molecule has 0 spiro atoms. The van der Waals surface area contributed by atoms with Crippen LogP contribution < -0.4 is 15.6 Å². The number of nitrogens with one attached hydrogen (secondary N) is 3. The number of hydrogen-bond acceptors (Lipinski definition) is 4. The monoisotopic (exact) mass is 443 g/mol. The second-order valence-corrected chi connectivity index (χ2v) is 8.66. The molecule has 0 unspecified atom stereocenters. The van der Waals surface area contributed by atoms with Gasteiger partial charge in [0.2, 0.25) is 21.8 Å². The average molecular weight is 444 g/mol. The van der Waals surface area contributed by atoms with Crippen LogP contribution in [0.4, 0.5) is 5.69 Å². The molecule has 2 amide bonds. The van der Waals surface area contributed by atoms with E-state index >= 15 is 0 Å². The fourth-order valence-electron chi connectivity index (χ4n) is 2.29. The molecule has 2 rings (SSSR count). The van der Waals surface area contributed by atoms with Gasteiger partial charge in [0, 0.05) is 12.1 Å². The van der Waals surface area contributed by atoms with Crippen LogP contribution >= 0.6 is 23.2 Å². The highest BCUT2D eigenvalue weighted by Gasteiger charge is 2.08. The number of hydrazine groups is 1. The van der Waals surface area contributed by atoms with E-state index in [2.05, 4.69) is 15.6 Å². The van der Waals surface area contributed by atoms with Crippen LogP contribution in [0, 0.1) is 0 Å². The number of amides is 2. The van der Waals surface area contributed by atoms with Gasteiger partial charge in [0.15, 0.2) is 0 Å². The van der Waals surface area contributed by atoms with Gasteiger partial charge in [0.1, 0.15) is 0 Å². The molecule has 28 heavy (non-hydrogen) atoms. The molecular formula is C18H19Cl2N3O4S. The van der Waals surface area contributed by atoms with E-state index in [-0.39, 0.29) is 24.7 Å². The maximum absolute atomic E-state index is 11.9. The summed E-state index contributed by atoms with van der Waals surface area (Å²) in [6.45, 7) is 0. The number of sulfonamides is 1. The van der Waals surface area contributed by atoms with E-state index < -0.39 is 10.0 Å². The van der Waals surface area contributed by atoms with Crippen molar-refractivity contribution in [1.82, 2.24) is 10.9 Å². The van der Waals surface area contributed by atoms with E-state index in [4.69, 9.17) is 23.2 Å². The van der Waals surface area contributed by atoms with Crippen molar-refractivity contribution in [3.8, 4) is 0 Å². The maximum Gasteiger partial charge on any atom is 0.242 e. The number of hydrogen-bond donors (Lipinski definition) is 3. The fourth-order valence-corrected chi connectivity index (χ4v) is 3.18. The third-order valence-electron chi connectivity index (χ3n) is 3.59. The molecule has 7 nitrogen and oxygen atoms in total. The Morgan fingerprint density at radius 2 is 1.50 bits per heavy atom. The highest BCUT2D eigenvalue weighted by atomic mass is 35.5. The van der Waals surface area contributed by atoms with Gasteiger partial charge in [-0.15, -0.1) is 0 Å². The van der Waals surface area contributed by atoms with Gasteiger partial charge >= 0.3 is 0 Å². The molecule has 10 heteroatoms. The van der Waals surface area contributed by atoms with Gasteiger partial charge in [-0.2, -0.15) is 0 Å². The molecule has 2 aromatic rings. The number of anilines is 1. The Kier molecular flexibility index (Phi) is 7.68. The Morgan fingerprint density at radius 1 is 0.893 bits per heavy atom. The van der Waals surface area contributed by atoms with E-state index in [9.17, 15) is 18.0 Å². The summed E-state index contributed by atoms with van der Waals surface area (Å²) in [6.07, 6.45) is 1.71. The van der Waals surface area contributed by atoms with Crippen molar-refractivity contribution < 1.29 is 18.0 Å². The normalized spacial score (nSPS) is 11.0. The first-order valence-corrected chi connectivity index (χ1v) is 10.9. The van der Waals surface area contributed by atoms with E-state index in [1.54, 1.807) is 42.5 Å². The molecule has 150 valence electrons. The molecule has 0 atom stereocenters. The summed E-state index contributed by atoms with van der Waals surface area (Å²) in [5.74, 6) is -0.733. The van der Waals surface area contributed by atoms with E-state index in [1.165, 1.54) is 0 Å². The lowest BCUT2D eigenvalue weighted by Crippen LogP contribution is -2.42. The summed E-state index contributed by atoms with van der Waals surface area (Å²) >= 11 is 11.7. The zero-order chi connectivity index (χ0) is 20.7. The second-order valence-electron chi connectivity index (χ2n) is 6.09. The van der Waals surface area contributed by atoms with Crippen LogP contribution in [0.15, 0.2) is 42.5 Å². The van der Waals surface area contributed by atoms with Crippen molar-refractivity contribution in [2.24, 2.45) is 0 Å². The number of rotatable bonds is 7. The summed E-state index contributed by atoms with van der Waals surface area (Å²) in [4.78, 5) is 23.8. The van der Waals surface area contributed by atoms with Gasteiger partial charge in [-0.1, -0.05) is 41.4 Å². The minimum Gasteiger partial charge on any atom is -0.284 e. The van der Waals surface area contributed by atoms with Crippen LogP contribution in [0.2, 0.25) is 10.0 Å². The number of aryl methyl sites for hydroxylation is 1. The highest BCUT2D eigenvalue weighted by molar-refractivity contribution is 7.92. The summed E-state index contributed by atoms with van der Waals surface area (Å²) in [7, 11) is -3.33. The topological polar surface area (TPSA) is 104 Å². The lowest BCUT2D eigenvalue weighted by atomic mass is 10.1. The molecule has 0 aromatic heterocycles. The molecule has 0 fully saturated rings. The van der Waals surface area contributed by atoms with E-state index in [1.807, 2.05) is 0 Å². The molecule has 2 aromatic carbocycles. The molecule has 0 bridgehead atoms. The minimum absolute atomic E-state index is 0.0476. The lowest BCUT2D eigenvalue weighted by Gasteiger charge is -2.09. The van der Waals surface area contributed by atoms with Crippen LogP contribution in [-0.4, -0.2) is 26.5 Å². The Bertz CT molecular complexity index is 963. The van der Waals surface area contributed by atoms with Crippen LogP contribution in [0.3, 0.4) is 0 Å². The Labute approximate surface area is 173 Å². The van der Waals surface area contributed by atoms with E-state index in [0.29, 0.717) is 27.7 Å². The third-order valence-corrected chi connectivity index (χ3v) is 4.93. The second kappa shape index (κ2) is 9.77. The van der Waals surface area contributed by atoms with Crippen molar-refractivity contribution in [3.05, 3.63) is 63.6 Å². The number of halogens is 2. The van der Waals surface area contributed by atoms with Crippen LogP contribution in [0.5, 0.6) is 0 Å². The molecule has 3 N–H and O–H groups in total. The minimum atomic E-state index is -3.33. The molecule has 0 saturated heterocycles. The summed E-state index contributed by atoms with van der Waals surface area (Å²) in [5, 5.41) is 0.757. The average Bonchev–Trinajstić information content (AvgIpc) is 2.61. The van der Waals surface area contributed by atoms with Crippen LogP contribution in [0.1, 0.15) is 17.5 Å². The number of carbonyl (C=O) groups excluding carboxylic acids is 2. The molecule has 0 saturated carbocycles. The fraction of sp³-hybridized carbons (Fsp3) is 0.222. The van der Waals surface area contributed by atoms with Crippen molar-refractivity contribution in [2.75, 3.05) is 11.0 Å². The van der Waals surface area contributed by atoms with Gasteiger partial charge in [-0.3, -0.25) is 25.2 Å². The zero-order valence-electron chi connectivity index (χ0n) is 15.0. The highest BCUT2D eigenvalue weighted by Crippen LogP contribution is 2.22. The van der Waals surface area contributed by atoms with Crippen LogP contribution in [0.25, 0.3) is 0 Å². The lowest BCUT2D eigenvalue weighted by molar-refractivity contribution is -0.128. The molecule has 0 radical (unpaired) electrons. The van der Waals surface area contributed by atoms with Gasteiger partial charge in [-0.25, -0.2) is 8.42 Å². The standard InChI is InChI=1S/C18H19Cl2N3O4S/c1-28(26,27)23-14-6-2-12(3-7-14)5-9-17(24)21-22-18(25)11-13-4-8-15(19)16(20)10-13/h2-4,6-8,10,23H,5,9,11H2,1H3,(H,21,24)(H,22,25). The van der Waals surface area contributed by atoms with E-state index in [0.717, 1.165) is 11.8 Å². The zero-order valence-corrected chi connectivity index (χ0v) is 17.3. The predicted molar refractivity (Wildman–Crippen MR) is 110 cm³/mol. The Morgan fingerprint density at radius 3 is 2.11 bits per heavy atom. The van der Waals surface area contributed by atoms with Crippen molar-refractivity contribution in [1.29, 1.82) is 0 Å². The smallest absolute Gasteiger partial charge is 0.242 e. The largest absolute Gasteiger partial charge is 0.284 e. The molecule has 0 aliphatic carbocycles. The number of carbonyl (C=O) groups is 2. The van der Waals surface area contributed by atoms with Crippen molar-refractivity contribution >= 4 is 50.7 Å². The van der Waals surface area contributed by atoms with Gasteiger partial charge < -0.3 is 0 Å².